The monoisotopic (exact) mass is 741 g/mol. The molecular formula is C54H64N2. The average Bonchev–Trinajstić information content (AvgIpc) is 3.79. The lowest BCUT2D eigenvalue weighted by molar-refractivity contribution is 0.101. The molecule has 1 saturated carbocycles. The fourth-order valence-corrected chi connectivity index (χ4v) is 13.8. The molecule has 56 heavy (non-hydrogen) atoms. The molecule has 10 aliphatic rings. The van der Waals surface area contributed by atoms with Gasteiger partial charge in [0.15, 0.2) is 0 Å². The number of allylic oxidation sites excluding steroid dienone is 16. The highest BCUT2D eigenvalue weighted by Crippen LogP contribution is 2.54. The third kappa shape index (κ3) is 6.42. The number of benzene rings is 1. The maximum atomic E-state index is 3.09. The highest BCUT2D eigenvalue weighted by Gasteiger charge is 2.51. The largest absolute Gasteiger partial charge is 0.341 e. The summed E-state index contributed by atoms with van der Waals surface area (Å²) < 4.78 is 0. The molecule has 290 valence electrons. The second kappa shape index (κ2) is 15.3. The maximum absolute atomic E-state index is 3.09. The summed E-state index contributed by atoms with van der Waals surface area (Å²) in [5.74, 6) is 4.76. The molecule has 8 aliphatic carbocycles. The van der Waals surface area contributed by atoms with E-state index in [1.807, 2.05) is 0 Å². The molecule has 11 unspecified atom stereocenters. The number of rotatable bonds is 6. The predicted molar refractivity (Wildman–Crippen MR) is 234 cm³/mol. The lowest BCUT2D eigenvalue weighted by Crippen LogP contribution is -2.48. The molecule has 0 aromatic heterocycles. The van der Waals surface area contributed by atoms with Gasteiger partial charge in [-0.05, 0) is 166 Å². The van der Waals surface area contributed by atoms with Crippen molar-refractivity contribution < 1.29 is 0 Å². The van der Waals surface area contributed by atoms with E-state index in [2.05, 4.69) is 125 Å². The van der Waals surface area contributed by atoms with Crippen LogP contribution in [0.2, 0.25) is 0 Å². The first-order chi connectivity index (χ1) is 27.8. The third-order valence-corrected chi connectivity index (χ3v) is 16.4. The summed E-state index contributed by atoms with van der Waals surface area (Å²) in [5, 5.41) is 0. The van der Waals surface area contributed by atoms with Crippen molar-refractivity contribution >= 4 is 5.69 Å². The fourth-order valence-electron chi connectivity index (χ4n) is 13.8. The van der Waals surface area contributed by atoms with Crippen LogP contribution < -0.4 is 4.90 Å². The van der Waals surface area contributed by atoms with E-state index in [9.17, 15) is 0 Å². The average molecular weight is 741 g/mol. The quantitative estimate of drug-likeness (QED) is 0.268. The normalized spacial score (nSPS) is 38.8. The van der Waals surface area contributed by atoms with Crippen LogP contribution in [-0.4, -0.2) is 29.1 Å². The molecule has 1 aromatic carbocycles. The molecule has 2 aliphatic heterocycles. The van der Waals surface area contributed by atoms with E-state index in [-0.39, 0.29) is 0 Å². The summed E-state index contributed by atoms with van der Waals surface area (Å²) >= 11 is 0. The smallest absolute Gasteiger partial charge is 0.0450 e. The van der Waals surface area contributed by atoms with E-state index < -0.39 is 0 Å². The van der Waals surface area contributed by atoms with Gasteiger partial charge in [-0.3, -0.25) is 4.90 Å². The van der Waals surface area contributed by atoms with Crippen LogP contribution in [0.5, 0.6) is 0 Å². The van der Waals surface area contributed by atoms with Gasteiger partial charge in [-0.25, -0.2) is 0 Å². The Hall–Kier alpha value is -3.62. The second-order valence-electron chi connectivity index (χ2n) is 19.4. The number of fused-ring (bicyclic) bond motifs is 6. The molecule has 0 amide bonds. The summed E-state index contributed by atoms with van der Waals surface area (Å²) in [6.07, 6.45) is 60.4. The zero-order valence-electron chi connectivity index (χ0n) is 33.7. The van der Waals surface area contributed by atoms with E-state index in [0.29, 0.717) is 47.8 Å². The summed E-state index contributed by atoms with van der Waals surface area (Å²) in [7, 11) is 0. The van der Waals surface area contributed by atoms with Gasteiger partial charge in [-0.2, -0.15) is 0 Å². The highest BCUT2D eigenvalue weighted by atomic mass is 15.3. The van der Waals surface area contributed by atoms with E-state index in [1.165, 1.54) is 120 Å². The first kappa shape index (κ1) is 35.5. The van der Waals surface area contributed by atoms with Crippen molar-refractivity contribution in [1.29, 1.82) is 0 Å². The topological polar surface area (TPSA) is 6.48 Å². The van der Waals surface area contributed by atoms with Crippen LogP contribution in [0.25, 0.3) is 0 Å². The molecule has 0 N–H and O–H groups in total. The van der Waals surface area contributed by atoms with Gasteiger partial charge in [-0.1, -0.05) is 110 Å². The minimum atomic E-state index is 0.470. The van der Waals surface area contributed by atoms with Crippen molar-refractivity contribution in [3.05, 3.63) is 149 Å². The van der Waals surface area contributed by atoms with Crippen molar-refractivity contribution in [2.24, 2.45) is 35.5 Å². The Labute approximate surface area is 338 Å². The van der Waals surface area contributed by atoms with E-state index in [4.69, 9.17) is 0 Å². The zero-order valence-corrected chi connectivity index (χ0v) is 33.7. The molecule has 1 aromatic rings. The van der Waals surface area contributed by atoms with Crippen LogP contribution in [0.4, 0.5) is 5.69 Å². The van der Waals surface area contributed by atoms with Gasteiger partial charge in [0, 0.05) is 53.3 Å². The van der Waals surface area contributed by atoms with Gasteiger partial charge in [-0.15, -0.1) is 0 Å². The van der Waals surface area contributed by atoms with Crippen molar-refractivity contribution in [3.8, 4) is 0 Å². The maximum Gasteiger partial charge on any atom is 0.0450 e. The number of hydrogen-bond acceptors (Lipinski definition) is 2. The first-order valence-electron chi connectivity index (χ1n) is 23.3. The highest BCUT2D eigenvalue weighted by molar-refractivity contribution is 5.71. The van der Waals surface area contributed by atoms with Crippen LogP contribution in [0.15, 0.2) is 143 Å². The van der Waals surface area contributed by atoms with Crippen molar-refractivity contribution in [2.45, 2.75) is 139 Å². The molecule has 2 heteroatoms. The zero-order chi connectivity index (χ0) is 37.0. The standard InChI is InChI=1S/C54H64N2/c1-4-15-37(16-5-1)40-21-14-22-45(32-40)55-51-25-12-10-23-47(51)49-35-41(27-29-53(49)55)42-28-30-54-50(36-42)48-24-11-13-26-52(48)56(54)46-33-43(38-17-6-2-7-18-38)31-44(34-46)39-19-8-3-9-20-39/h2,4,6,8,10-12,15,19-20,23-25,27-31,36-38,40,43,45-46,48-50,52,54H,1,3,5,7,9,13-14,16-18,21-22,26,32-35H2. The molecule has 2 heterocycles. The summed E-state index contributed by atoms with van der Waals surface area (Å²) in [6, 6.07) is 11.9. The summed E-state index contributed by atoms with van der Waals surface area (Å²) in [6.45, 7) is 0. The van der Waals surface area contributed by atoms with Crippen LogP contribution >= 0.6 is 0 Å². The molecular weight excluding hydrogens is 677 g/mol. The van der Waals surface area contributed by atoms with Crippen LogP contribution in [-0.2, 0) is 0 Å². The fraction of sp³-hybridized carbons (Fsp3) is 0.519. The first-order valence-corrected chi connectivity index (χ1v) is 23.3. The molecule has 0 radical (unpaired) electrons. The molecule has 11 rings (SSSR count). The van der Waals surface area contributed by atoms with Crippen molar-refractivity contribution in [3.63, 3.8) is 0 Å². The van der Waals surface area contributed by atoms with Crippen LogP contribution in [0.1, 0.15) is 121 Å². The second-order valence-corrected chi connectivity index (χ2v) is 19.4. The predicted octanol–water partition coefficient (Wildman–Crippen LogP) is 13.2. The number of hydrogen-bond donors (Lipinski definition) is 0. The minimum Gasteiger partial charge on any atom is -0.341 e. The van der Waals surface area contributed by atoms with E-state index in [0.717, 1.165) is 24.2 Å². The number of likely N-dealkylation sites (tertiary alicyclic amines) is 1. The van der Waals surface area contributed by atoms with Gasteiger partial charge >= 0.3 is 0 Å². The van der Waals surface area contributed by atoms with Gasteiger partial charge < -0.3 is 4.90 Å². The summed E-state index contributed by atoms with van der Waals surface area (Å²) in [5.41, 5.74) is 10.9. The van der Waals surface area contributed by atoms with Gasteiger partial charge in [0.1, 0.15) is 0 Å². The molecule has 0 spiro atoms. The Kier molecular flexibility index (Phi) is 9.70. The SMILES string of the molecule is C1=CC(C2=CC(C3CC=CCC3)CC(N3C4C=CC(C5=CC=C6C(C5)c5ccccc5N6C5CCCC(C6C=CCCC6)C5)=CC4C4C=CCCC43)C2)=CCC1. The van der Waals surface area contributed by atoms with E-state index in [1.54, 1.807) is 22.4 Å². The van der Waals surface area contributed by atoms with Crippen molar-refractivity contribution in [1.82, 2.24) is 4.90 Å². The van der Waals surface area contributed by atoms with Crippen LogP contribution in [0, 0.1) is 35.5 Å². The minimum absolute atomic E-state index is 0.470. The summed E-state index contributed by atoms with van der Waals surface area (Å²) in [4.78, 5) is 5.93. The molecule has 1 saturated heterocycles. The number of nitrogens with zero attached hydrogens (tertiary/aromatic N) is 2. The Balaban J connectivity index is 0.875. The van der Waals surface area contributed by atoms with Gasteiger partial charge in [0.25, 0.3) is 0 Å². The van der Waals surface area contributed by atoms with E-state index >= 15 is 0 Å². The molecule has 2 nitrogen and oxygen atoms in total. The van der Waals surface area contributed by atoms with Crippen LogP contribution in [0.3, 0.4) is 0 Å². The lowest BCUT2D eigenvalue weighted by Gasteiger charge is -2.44. The Morgan fingerprint density at radius 3 is 2.43 bits per heavy atom. The van der Waals surface area contributed by atoms with Gasteiger partial charge in [0.05, 0.1) is 0 Å². The molecule has 2 fully saturated rings. The third-order valence-electron chi connectivity index (χ3n) is 16.4. The lowest BCUT2D eigenvalue weighted by atomic mass is 9.73. The van der Waals surface area contributed by atoms with Crippen molar-refractivity contribution in [2.75, 3.05) is 4.90 Å². The Morgan fingerprint density at radius 1 is 0.589 bits per heavy atom. The molecule has 11 atom stereocenters. The number of para-hydroxylation sites is 1. The number of anilines is 1. The Morgan fingerprint density at radius 2 is 1.54 bits per heavy atom. The van der Waals surface area contributed by atoms with Gasteiger partial charge in [0.2, 0.25) is 0 Å². The molecule has 0 bridgehead atoms. The Bertz CT molecular complexity index is 1990.